The molecule has 0 radical (unpaired) electrons. The normalized spacial score (nSPS) is 25.4. The molecule has 1 saturated heterocycles. The van der Waals surface area contributed by atoms with Gasteiger partial charge in [-0.05, 0) is 31.0 Å². The third-order valence-corrected chi connectivity index (χ3v) is 8.81. The molecule has 18 heavy (non-hydrogen) atoms. The van der Waals surface area contributed by atoms with E-state index in [1.165, 1.54) is 0 Å². The van der Waals surface area contributed by atoms with E-state index in [1.807, 2.05) is 0 Å². The summed E-state index contributed by atoms with van der Waals surface area (Å²) in [5.74, 6) is -0.848. The van der Waals surface area contributed by atoms with E-state index < -0.39 is 19.9 Å². The molecule has 0 aromatic carbocycles. The molecular weight excluding hydrogens is 248 g/mol. The largest absolute Gasteiger partial charge is 0.479 e. The number of carbonyl (C=O) groups is 1. The Labute approximate surface area is 111 Å². The summed E-state index contributed by atoms with van der Waals surface area (Å²) in [5.41, 5.74) is -0.998. The molecular formula is C13H26O4Si. The van der Waals surface area contributed by atoms with Crippen molar-refractivity contribution in [3.05, 3.63) is 0 Å². The molecule has 1 rings (SSSR count). The molecule has 0 amide bonds. The van der Waals surface area contributed by atoms with Crippen LogP contribution in [0.2, 0.25) is 18.1 Å². The fourth-order valence-electron chi connectivity index (χ4n) is 1.86. The number of aliphatic carboxylic acids is 1. The van der Waals surface area contributed by atoms with Crippen molar-refractivity contribution in [2.75, 3.05) is 13.2 Å². The van der Waals surface area contributed by atoms with E-state index in [0.29, 0.717) is 26.1 Å². The second-order valence-corrected chi connectivity index (χ2v) is 11.4. The lowest BCUT2D eigenvalue weighted by Crippen LogP contribution is -2.44. The summed E-state index contributed by atoms with van der Waals surface area (Å²) in [7, 11) is -1.79. The van der Waals surface area contributed by atoms with Gasteiger partial charge in [-0.1, -0.05) is 20.8 Å². The van der Waals surface area contributed by atoms with Gasteiger partial charge in [0.1, 0.15) is 0 Å². The molecule has 106 valence electrons. The minimum absolute atomic E-state index is 0.153. The first-order valence-electron chi connectivity index (χ1n) is 6.62. The van der Waals surface area contributed by atoms with Gasteiger partial charge in [0, 0.05) is 19.6 Å². The Morgan fingerprint density at radius 1 is 1.44 bits per heavy atom. The summed E-state index contributed by atoms with van der Waals surface area (Å²) in [6.45, 7) is 11.9. The van der Waals surface area contributed by atoms with E-state index >= 15 is 0 Å². The molecule has 0 spiro atoms. The average Bonchev–Trinajstić information content (AvgIpc) is 2.65. The molecule has 0 bridgehead atoms. The lowest BCUT2D eigenvalue weighted by Gasteiger charge is -2.37. The van der Waals surface area contributed by atoms with Gasteiger partial charge in [-0.15, -0.1) is 0 Å². The van der Waals surface area contributed by atoms with E-state index in [1.54, 1.807) is 0 Å². The predicted octanol–water partition coefficient (Wildman–Crippen LogP) is 3.03. The second kappa shape index (κ2) is 5.31. The summed E-state index contributed by atoms with van der Waals surface area (Å²) >= 11 is 0. The first kappa shape index (κ1) is 15.7. The van der Waals surface area contributed by atoms with Gasteiger partial charge in [0.15, 0.2) is 13.9 Å². The summed E-state index contributed by atoms with van der Waals surface area (Å²) in [4.78, 5) is 11.3. The Bertz CT molecular complexity index is 301. The second-order valence-electron chi connectivity index (χ2n) is 6.61. The Hall–Kier alpha value is -0.393. The number of rotatable bonds is 5. The first-order chi connectivity index (χ1) is 8.11. The van der Waals surface area contributed by atoms with Crippen LogP contribution in [0, 0.1) is 0 Å². The van der Waals surface area contributed by atoms with Crippen molar-refractivity contribution in [1.82, 2.24) is 0 Å². The van der Waals surface area contributed by atoms with Crippen LogP contribution in [-0.4, -0.2) is 38.2 Å². The van der Waals surface area contributed by atoms with E-state index in [4.69, 9.17) is 9.16 Å². The smallest absolute Gasteiger partial charge is 0.336 e. The molecule has 1 atom stereocenters. The number of ether oxygens (including phenoxy) is 1. The quantitative estimate of drug-likeness (QED) is 0.783. The number of hydrogen-bond acceptors (Lipinski definition) is 3. The molecule has 0 aliphatic carbocycles. The molecule has 1 aliphatic heterocycles. The Morgan fingerprint density at radius 2 is 2.06 bits per heavy atom. The van der Waals surface area contributed by atoms with Gasteiger partial charge in [0.25, 0.3) is 0 Å². The Morgan fingerprint density at radius 3 is 2.44 bits per heavy atom. The summed E-state index contributed by atoms with van der Waals surface area (Å²) in [6, 6.07) is 0. The zero-order chi connectivity index (χ0) is 14.0. The monoisotopic (exact) mass is 274 g/mol. The van der Waals surface area contributed by atoms with Crippen LogP contribution in [0.5, 0.6) is 0 Å². The van der Waals surface area contributed by atoms with Crippen LogP contribution in [0.25, 0.3) is 0 Å². The minimum atomic E-state index is -1.79. The number of hydrogen-bond donors (Lipinski definition) is 1. The van der Waals surface area contributed by atoms with Gasteiger partial charge in [-0.3, -0.25) is 0 Å². The molecule has 5 heteroatoms. The Balaban J connectivity index is 2.53. The van der Waals surface area contributed by atoms with Crippen LogP contribution in [0.15, 0.2) is 0 Å². The van der Waals surface area contributed by atoms with Gasteiger partial charge >= 0.3 is 5.97 Å². The van der Waals surface area contributed by atoms with Gasteiger partial charge in [0.2, 0.25) is 0 Å². The molecule has 4 nitrogen and oxygen atoms in total. The van der Waals surface area contributed by atoms with E-state index in [0.717, 1.165) is 6.42 Å². The maximum atomic E-state index is 11.3. The SMILES string of the molecule is CC(C)(C)[Si](C)(C)OCCC1(C(=O)O)CCCO1. The van der Waals surface area contributed by atoms with Crippen molar-refractivity contribution >= 4 is 14.3 Å². The minimum Gasteiger partial charge on any atom is -0.479 e. The molecule has 0 saturated carbocycles. The summed E-state index contributed by atoms with van der Waals surface area (Å²) in [6.07, 6.45) is 1.88. The maximum absolute atomic E-state index is 11.3. The van der Waals surface area contributed by atoms with Crippen LogP contribution in [0.1, 0.15) is 40.0 Å². The zero-order valence-electron chi connectivity index (χ0n) is 12.2. The topological polar surface area (TPSA) is 55.8 Å². The lowest BCUT2D eigenvalue weighted by atomic mass is 9.97. The van der Waals surface area contributed by atoms with Crippen LogP contribution >= 0.6 is 0 Å². The van der Waals surface area contributed by atoms with E-state index in [-0.39, 0.29) is 5.04 Å². The van der Waals surface area contributed by atoms with Gasteiger partial charge in [-0.2, -0.15) is 0 Å². The molecule has 0 aromatic heterocycles. The molecule has 0 aromatic rings. The standard InChI is InChI=1S/C13H26O4Si/c1-12(2,3)18(4,5)17-10-8-13(11(14)15)7-6-9-16-13/h6-10H2,1-5H3,(H,14,15). The number of carboxylic acid groups (broad SMARTS) is 1. The van der Waals surface area contributed by atoms with Crippen molar-refractivity contribution in [1.29, 1.82) is 0 Å². The lowest BCUT2D eigenvalue weighted by molar-refractivity contribution is -0.161. The van der Waals surface area contributed by atoms with Crippen LogP contribution in [0.4, 0.5) is 0 Å². The zero-order valence-corrected chi connectivity index (χ0v) is 13.2. The van der Waals surface area contributed by atoms with E-state index in [2.05, 4.69) is 33.9 Å². The van der Waals surface area contributed by atoms with Gasteiger partial charge in [-0.25, -0.2) is 4.79 Å². The summed E-state index contributed by atoms with van der Waals surface area (Å²) < 4.78 is 11.5. The molecule has 1 aliphatic rings. The van der Waals surface area contributed by atoms with Gasteiger partial charge in [0.05, 0.1) is 0 Å². The summed E-state index contributed by atoms with van der Waals surface area (Å²) in [5, 5.41) is 9.44. The third-order valence-electron chi connectivity index (χ3n) is 4.27. The van der Waals surface area contributed by atoms with Crippen molar-refractivity contribution in [2.45, 2.75) is 63.8 Å². The fraction of sp³-hybridized carbons (Fsp3) is 0.923. The van der Waals surface area contributed by atoms with Crippen LogP contribution in [-0.2, 0) is 14.0 Å². The molecule has 1 unspecified atom stereocenters. The van der Waals surface area contributed by atoms with Crippen molar-refractivity contribution in [2.24, 2.45) is 0 Å². The average molecular weight is 274 g/mol. The maximum Gasteiger partial charge on any atom is 0.336 e. The van der Waals surface area contributed by atoms with E-state index in [9.17, 15) is 9.90 Å². The van der Waals surface area contributed by atoms with Crippen LogP contribution < -0.4 is 0 Å². The molecule has 1 N–H and O–H groups in total. The highest BCUT2D eigenvalue weighted by Crippen LogP contribution is 2.37. The van der Waals surface area contributed by atoms with Gasteiger partial charge < -0.3 is 14.3 Å². The Kier molecular flexibility index (Phi) is 4.62. The highest BCUT2D eigenvalue weighted by Gasteiger charge is 2.44. The highest BCUT2D eigenvalue weighted by atomic mass is 28.4. The van der Waals surface area contributed by atoms with Crippen LogP contribution in [0.3, 0.4) is 0 Å². The van der Waals surface area contributed by atoms with Crippen molar-refractivity contribution in [3.63, 3.8) is 0 Å². The predicted molar refractivity (Wildman–Crippen MR) is 73.3 cm³/mol. The van der Waals surface area contributed by atoms with Crippen molar-refractivity contribution < 1.29 is 19.1 Å². The third kappa shape index (κ3) is 3.33. The molecule has 1 fully saturated rings. The highest BCUT2D eigenvalue weighted by molar-refractivity contribution is 6.74. The van der Waals surface area contributed by atoms with Crippen molar-refractivity contribution in [3.8, 4) is 0 Å². The molecule has 1 heterocycles. The number of carboxylic acids is 1. The first-order valence-corrected chi connectivity index (χ1v) is 9.53. The fourth-order valence-corrected chi connectivity index (χ4v) is 2.90.